The van der Waals surface area contributed by atoms with Crippen LogP contribution in [0.5, 0.6) is 0 Å². The molecule has 0 bridgehead atoms. The average molecular weight is 292 g/mol. The van der Waals surface area contributed by atoms with Crippen molar-refractivity contribution in [3.8, 4) is 0 Å². The third-order valence-corrected chi connectivity index (χ3v) is 2.59. The molecule has 0 unspecified atom stereocenters. The smallest absolute Gasteiger partial charge is 0.257 e. The van der Waals surface area contributed by atoms with Crippen LogP contribution in [0.3, 0.4) is 0 Å². The first kappa shape index (κ1) is 11.7. The number of carbonyl (C=O) groups is 1. The van der Waals surface area contributed by atoms with Crippen molar-refractivity contribution in [1.29, 1.82) is 0 Å². The van der Waals surface area contributed by atoms with Crippen molar-refractivity contribution >= 4 is 27.5 Å². The summed E-state index contributed by atoms with van der Waals surface area (Å²) in [5.41, 5.74) is 2.14. The topological polar surface area (TPSA) is 54.9 Å². The minimum Gasteiger partial charge on any atom is -0.321 e. The number of rotatable bonds is 2. The fourth-order valence-corrected chi connectivity index (χ4v) is 1.57. The molecule has 2 heterocycles. The Bertz CT molecular complexity index is 540. The maximum absolute atomic E-state index is 11.9. The van der Waals surface area contributed by atoms with E-state index in [1.54, 1.807) is 30.6 Å². The maximum Gasteiger partial charge on any atom is 0.257 e. The predicted octanol–water partition coefficient (Wildman–Crippen LogP) is 2.80. The molecule has 0 saturated heterocycles. The van der Waals surface area contributed by atoms with Crippen molar-refractivity contribution in [3.05, 3.63) is 52.5 Å². The molecule has 0 aliphatic heterocycles. The number of halogens is 1. The van der Waals surface area contributed by atoms with Gasteiger partial charge in [0.25, 0.3) is 5.91 Å². The van der Waals surface area contributed by atoms with Crippen LogP contribution in [-0.2, 0) is 0 Å². The molecule has 0 aromatic carbocycles. The van der Waals surface area contributed by atoms with Crippen molar-refractivity contribution in [2.75, 3.05) is 5.32 Å². The van der Waals surface area contributed by atoms with Crippen molar-refractivity contribution in [2.24, 2.45) is 0 Å². The third kappa shape index (κ3) is 3.10. The zero-order valence-corrected chi connectivity index (χ0v) is 10.7. The molecule has 0 aliphatic carbocycles. The molecule has 0 radical (unpaired) electrons. The van der Waals surface area contributed by atoms with Gasteiger partial charge in [0, 0.05) is 12.4 Å². The molecule has 2 aromatic rings. The highest BCUT2D eigenvalue weighted by molar-refractivity contribution is 9.10. The van der Waals surface area contributed by atoms with Crippen molar-refractivity contribution < 1.29 is 4.79 Å². The minimum atomic E-state index is -0.190. The number of anilines is 1. The van der Waals surface area contributed by atoms with Crippen LogP contribution in [0.15, 0.2) is 41.4 Å². The molecule has 0 atom stereocenters. The molecule has 1 N–H and O–H groups in total. The number of hydrogen-bond donors (Lipinski definition) is 1. The largest absolute Gasteiger partial charge is 0.321 e. The number of pyridine rings is 2. The molecule has 0 saturated carbocycles. The summed E-state index contributed by atoms with van der Waals surface area (Å²) >= 11 is 3.23. The fraction of sp³-hybridized carbons (Fsp3) is 0.0833. The van der Waals surface area contributed by atoms with Gasteiger partial charge < -0.3 is 5.32 Å². The monoisotopic (exact) mass is 291 g/mol. The van der Waals surface area contributed by atoms with E-state index >= 15 is 0 Å². The fourth-order valence-electron chi connectivity index (χ4n) is 1.33. The van der Waals surface area contributed by atoms with Gasteiger partial charge in [-0.05, 0) is 46.6 Å². The van der Waals surface area contributed by atoms with Crippen LogP contribution in [-0.4, -0.2) is 15.9 Å². The zero-order chi connectivity index (χ0) is 12.3. The quantitative estimate of drug-likeness (QED) is 0.866. The number of nitrogens with zero attached hydrogens (tertiary/aromatic N) is 2. The first-order valence-electron chi connectivity index (χ1n) is 5.00. The van der Waals surface area contributed by atoms with Crippen LogP contribution < -0.4 is 5.32 Å². The highest BCUT2D eigenvalue weighted by Crippen LogP contribution is 2.12. The highest BCUT2D eigenvalue weighted by atomic mass is 79.9. The molecule has 0 fully saturated rings. The van der Waals surface area contributed by atoms with Crippen LogP contribution in [0.4, 0.5) is 5.69 Å². The third-order valence-electron chi connectivity index (χ3n) is 2.12. The Labute approximate surface area is 107 Å². The van der Waals surface area contributed by atoms with E-state index < -0.39 is 0 Å². The van der Waals surface area contributed by atoms with Gasteiger partial charge in [-0.1, -0.05) is 0 Å². The summed E-state index contributed by atoms with van der Waals surface area (Å²) in [7, 11) is 0. The Morgan fingerprint density at radius 3 is 2.76 bits per heavy atom. The molecule has 2 rings (SSSR count). The lowest BCUT2D eigenvalue weighted by molar-refractivity contribution is 0.102. The maximum atomic E-state index is 11.9. The molecule has 17 heavy (non-hydrogen) atoms. The summed E-state index contributed by atoms with van der Waals surface area (Å²) in [4.78, 5) is 19.9. The number of aryl methyl sites for hydroxylation is 1. The van der Waals surface area contributed by atoms with Crippen LogP contribution in [0, 0.1) is 6.92 Å². The first-order valence-corrected chi connectivity index (χ1v) is 5.79. The summed E-state index contributed by atoms with van der Waals surface area (Å²) < 4.78 is 0.729. The summed E-state index contributed by atoms with van der Waals surface area (Å²) in [6.45, 7) is 1.89. The van der Waals surface area contributed by atoms with Crippen LogP contribution in [0.2, 0.25) is 0 Å². The number of hydrogen-bond acceptors (Lipinski definition) is 3. The molecule has 2 aromatic heterocycles. The lowest BCUT2D eigenvalue weighted by Crippen LogP contribution is -2.12. The van der Waals surface area contributed by atoms with Gasteiger partial charge >= 0.3 is 0 Å². The Balaban J connectivity index is 2.14. The van der Waals surface area contributed by atoms with Crippen molar-refractivity contribution in [1.82, 2.24) is 9.97 Å². The number of nitrogens with one attached hydrogen (secondary N) is 1. The van der Waals surface area contributed by atoms with Gasteiger partial charge in [0.1, 0.15) is 4.60 Å². The number of aromatic nitrogens is 2. The SMILES string of the molecule is Cc1cncc(C(=O)Nc2ccc(Br)nc2)c1. The van der Waals surface area contributed by atoms with E-state index in [1.165, 1.54) is 6.20 Å². The molecule has 1 amide bonds. The number of carbonyl (C=O) groups excluding carboxylic acids is 1. The average Bonchev–Trinajstić information content (AvgIpc) is 2.32. The van der Waals surface area contributed by atoms with Crippen LogP contribution in [0.25, 0.3) is 0 Å². The second-order valence-corrected chi connectivity index (χ2v) is 4.39. The molecule has 86 valence electrons. The van der Waals surface area contributed by atoms with Gasteiger partial charge in [-0.3, -0.25) is 9.78 Å². The second kappa shape index (κ2) is 5.05. The lowest BCUT2D eigenvalue weighted by atomic mass is 10.2. The molecule has 0 aliphatic rings. The summed E-state index contributed by atoms with van der Waals surface area (Å²) in [5, 5.41) is 2.75. The normalized spacial score (nSPS) is 10.0. The zero-order valence-electron chi connectivity index (χ0n) is 9.14. The summed E-state index contributed by atoms with van der Waals surface area (Å²) in [6, 6.07) is 5.33. The van der Waals surface area contributed by atoms with E-state index in [-0.39, 0.29) is 5.91 Å². The Hall–Kier alpha value is -1.75. The summed E-state index contributed by atoms with van der Waals surface area (Å²) in [5.74, 6) is -0.190. The summed E-state index contributed by atoms with van der Waals surface area (Å²) in [6.07, 6.45) is 4.83. The predicted molar refractivity (Wildman–Crippen MR) is 68.9 cm³/mol. The van der Waals surface area contributed by atoms with Crippen LogP contribution >= 0.6 is 15.9 Å². The van der Waals surface area contributed by atoms with Gasteiger partial charge in [0.15, 0.2) is 0 Å². The molecule has 0 spiro atoms. The lowest BCUT2D eigenvalue weighted by Gasteiger charge is -2.04. The van der Waals surface area contributed by atoms with E-state index in [2.05, 4.69) is 31.2 Å². The Morgan fingerprint density at radius 2 is 2.12 bits per heavy atom. The van der Waals surface area contributed by atoms with Crippen molar-refractivity contribution in [3.63, 3.8) is 0 Å². The minimum absolute atomic E-state index is 0.190. The van der Waals surface area contributed by atoms with Gasteiger partial charge in [-0.15, -0.1) is 0 Å². The molecule has 4 nitrogen and oxygen atoms in total. The second-order valence-electron chi connectivity index (χ2n) is 3.57. The van der Waals surface area contributed by atoms with E-state index in [0.29, 0.717) is 11.3 Å². The Kier molecular flexibility index (Phi) is 3.49. The van der Waals surface area contributed by atoms with Gasteiger partial charge in [0.2, 0.25) is 0 Å². The Morgan fingerprint density at radius 1 is 1.29 bits per heavy atom. The van der Waals surface area contributed by atoms with Gasteiger partial charge in [0.05, 0.1) is 17.4 Å². The number of amides is 1. The van der Waals surface area contributed by atoms with Gasteiger partial charge in [-0.25, -0.2) is 4.98 Å². The van der Waals surface area contributed by atoms with E-state index in [9.17, 15) is 4.79 Å². The highest BCUT2D eigenvalue weighted by Gasteiger charge is 2.06. The molecular formula is C12H10BrN3O. The van der Waals surface area contributed by atoms with E-state index in [1.807, 2.05) is 6.92 Å². The molecular weight excluding hydrogens is 282 g/mol. The first-order chi connectivity index (χ1) is 8.15. The molecule has 5 heteroatoms. The standard InChI is InChI=1S/C12H10BrN3O/c1-8-4-9(6-14-5-8)12(17)16-10-2-3-11(13)15-7-10/h2-7H,1H3,(H,16,17). The van der Waals surface area contributed by atoms with Gasteiger partial charge in [-0.2, -0.15) is 0 Å². The van der Waals surface area contributed by atoms with E-state index in [0.717, 1.165) is 10.2 Å². The van der Waals surface area contributed by atoms with Crippen LogP contribution in [0.1, 0.15) is 15.9 Å². The van der Waals surface area contributed by atoms with E-state index in [4.69, 9.17) is 0 Å². The van der Waals surface area contributed by atoms with Crippen molar-refractivity contribution in [2.45, 2.75) is 6.92 Å².